The summed E-state index contributed by atoms with van der Waals surface area (Å²) in [6, 6.07) is 0. The maximum Gasteiger partial charge on any atom is 0.0594 e. The van der Waals surface area contributed by atoms with Gasteiger partial charge in [0.15, 0.2) is 0 Å². The van der Waals surface area contributed by atoms with E-state index < -0.39 is 5.60 Å². The molecule has 2 heteroatoms. The molecule has 1 saturated heterocycles. The van der Waals surface area contributed by atoms with Crippen molar-refractivity contribution in [1.29, 1.82) is 0 Å². The van der Waals surface area contributed by atoms with Crippen molar-refractivity contribution in [2.24, 2.45) is 11.8 Å². The molecule has 0 spiro atoms. The van der Waals surface area contributed by atoms with Crippen LogP contribution >= 0.6 is 0 Å². The molecule has 2 nitrogen and oxygen atoms in total. The van der Waals surface area contributed by atoms with Gasteiger partial charge in [0.1, 0.15) is 0 Å². The number of hydrogen-bond donors (Lipinski definition) is 1. The normalized spacial score (nSPS) is 21.2. The SMILES string of the molecule is CC(C)CN1CCC(CC(C)(C)O)CC1. The Morgan fingerprint density at radius 2 is 1.80 bits per heavy atom. The fourth-order valence-corrected chi connectivity index (χ4v) is 2.60. The van der Waals surface area contributed by atoms with Gasteiger partial charge in [0, 0.05) is 6.54 Å². The summed E-state index contributed by atoms with van der Waals surface area (Å²) in [6.07, 6.45) is 3.48. The molecule has 0 saturated carbocycles. The highest BCUT2D eigenvalue weighted by atomic mass is 16.3. The molecule has 0 aromatic rings. The second kappa shape index (κ2) is 5.31. The van der Waals surface area contributed by atoms with E-state index in [1.165, 1.54) is 32.5 Å². The van der Waals surface area contributed by atoms with Crippen molar-refractivity contribution in [2.45, 2.75) is 52.6 Å². The quantitative estimate of drug-likeness (QED) is 0.775. The van der Waals surface area contributed by atoms with E-state index in [0.717, 1.165) is 18.3 Å². The largest absolute Gasteiger partial charge is 0.390 e. The van der Waals surface area contributed by atoms with E-state index in [9.17, 15) is 5.11 Å². The lowest BCUT2D eigenvalue weighted by Gasteiger charge is -2.35. The summed E-state index contributed by atoms with van der Waals surface area (Å²) in [4.78, 5) is 2.56. The Labute approximate surface area is 94.7 Å². The standard InChI is InChI=1S/C13H27NO/c1-11(2)10-14-7-5-12(6-8-14)9-13(3,4)15/h11-12,15H,5-10H2,1-4H3. The highest BCUT2D eigenvalue weighted by Gasteiger charge is 2.24. The Bertz CT molecular complexity index is 175. The van der Waals surface area contributed by atoms with Gasteiger partial charge in [-0.05, 0) is 58.0 Å². The fourth-order valence-electron chi connectivity index (χ4n) is 2.60. The first-order valence-corrected chi connectivity index (χ1v) is 6.31. The first kappa shape index (κ1) is 13.0. The molecular formula is C13H27NO. The summed E-state index contributed by atoms with van der Waals surface area (Å²) in [5.74, 6) is 1.50. The third-order valence-electron chi connectivity index (χ3n) is 3.12. The number of rotatable bonds is 4. The molecule has 0 atom stereocenters. The van der Waals surface area contributed by atoms with Gasteiger partial charge in [0.25, 0.3) is 0 Å². The Morgan fingerprint density at radius 1 is 1.27 bits per heavy atom. The Kier molecular flexibility index (Phi) is 4.60. The highest BCUT2D eigenvalue weighted by Crippen LogP contribution is 2.26. The summed E-state index contributed by atoms with van der Waals surface area (Å²) in [5.41, 5.74) is -0.481. The maximum atomic E-state index is 9.77. The smallest absolute Gasteiger partial charge is 0.0594 e. The van der Waals surface area contributed by atoms with Crippen LogP contribution in [0.2, 0.25) is 0 Å². The van der Waals surface area contributed by atoms with Crippen molar-refractivity contribution in [3.63, 3.8) is 0 Å². The third-order valence-corrected chi connectivity index (χ3v) is 3.12. The van der Waals surface area contributed by atoms with E-state index in [2.05, 4.69) is 18.7 Å². The predicted octanol–water partition coefficient (Wildman–Crippen LogP) is 2.52. The minimum Gasteiger partial charge on any atom is -0.390 e. The van der Waals surface area contributed by atoms with Crippen molar-refractivity contribution >= 4 is 0 Å². The van der Waals surface area contributed by atoms with Gasteiger partial charge in [0.05, 0.1) is 5.60 Å². The van der Waals surface area contributed by atoms with Crippen LogP contribution in [0.4, 0.5) is 0 Å². The highest BCUT2D eigenvalue weighted by molar-refractivity contribution is 4.78. The van der Waals surface area contributed by atoms with Crippen molar-refractivity contribution in [3.05, 3.63) is 0 Å². The zero-order valence-corrected chi connectivity index (χ0v) is 10.8. The molecule has 1 N–H and O–H groups in total. The molecule has 0 unspecified atom stereocenters. The zero-order valence-electron chi connectivity index (χ0n) is 10.8. The number of piperidine rings is 1. The van der Waals surface area contributed by atoms with Gasteiger partial charge < -0.3 is 10.0 Å². The van der Waals surface area contributed by atoms with Gasteiger partial charge in [-0.15, -0.1) is 0 Å². The van der Waals surface area contributed by atoms with Crippen LogP contribution in [-0.2, 0) is 0 Å². The van der Waals surface area contributed by atoms with Crippen LogP contribution in [-0.4, -0.2) is 35.2 Å². The lowest BCUT2D eigenvalue weighted by Crippen LogP contribution is -2.38. The van der Waals surface area contributed by atoms with E-state index in [1.54, 1.807) is 0 Å². The van der Waals surface area contributed by atoms with Gasteiger partial charge in [0.2, 0.25) is 0 Å². The average Bonchev–Trinajstić information content (AvgIpc) is 2.05. The average molecular weight is 213 g/mol. The minimum atomic E-state index is -0.481. The molecule has 0 radical (unpaired) electrons. The Morgan fingerprint density at radius 3 is 2.20 bits per heavy atom. The van der Waals surface area contributed by atoms with Gasteiger partial charge >= 0.3 is 0 Å². The first-order valence-electron chi connectivity index (χ1n) is 6.31. The second-order valence-electron chi connectivity index (χ2n) is 6.15. The molecule has 1 aliphatic rings. The molecule has 1 fully saturated rings. The lowest BCUT2D eigenvalue weighted by atomic mass is 9.86. The Balaban J connectivity index is 2.24. The topological polar surface area (TPSA) is 23.5 Å². The Hall–Kier alpha value is -0.0800. The van der Waals surface area contributed by atoms with Crippen LogP contribution in [0.1, 0.15) is 47.0 Å². The molecule has 15 heavy (non-hydrogen) atoms. The lowest BCUT2D eigenvalue weighted by molar-refractivity contribution is 0.0365. The van der Waals surface area contributed by atoms with Crippen LogP contribution < -0.4 is 0 Å². The molecular weight excluding hydrogens is 186 g/mol. The third kappa shape index (κ3) is 5.53. The molecule has 0 bridgehead atoms. The van der Waals surface area contributed by atoms with E-state index in [-0.39, 0.29) is 0 Å². The van der Waals surface area contributed by atoms with Gasteiger partial charge in [-0.25, -0.2) is 0 Å². The molecule has 1 rings (SSSR count). The van der Waals surface area contributed by atoms with Crippen LogP contribution in [0.3, 0.4) is 0 Å². The van der Waals surface area contributed by atoms with E-state index in [1.807, 2.05) is 13.8 Å². The fraction of sp³-hybridized carbons (Fsp3) is 1.00. The summed E-state index contributed by atoms with van der Waals surface area (Å²) < 4.78 is 0. The molecule has 1 aliphatic heterocycles. The van der Waals surface area contributed by atoms with E-state index in [4.69, 9.17) is 0 Å². The molecule has 0 aromatic carbocycles. The number of hydrogen-bond acceptors (Lipinski definition) is 2. The van der Waals surface area contributed by atoms with Crippen molar-refractivity contribution in [1.82, 2.24) is 4.90 Å². The van der Waals surface area contributed by atoms with Crippen LogP contribution in [0.15, 0.2) is 0 Å². The van der Waals surface area contributed by atoms with Crippen molar-refractivity contribution in [3.8, 4) is 0 Å². The molecule has 1 heterocycles. The number of nitrogens with zero attached hydrogens (tertiary/aromatic N) is 1. The number of aliphatic hydroxyl groups is 1. The number of likely N-dealkylation sites (tertiary alicyclic amines) is 1. The second-order valence-corrected chi connectivity index (χ2v) is 6.15. The van der Waals surface area contributed by atoms with E-state index in [0.29, 0.717) is 0 Å². The summed E-state index contributed by atoms with van der Waals surface area (Å²) >= 11 is 0. The summed E-state index contributed by atoms with van der Waals surface area (Å²) in [6.45, 7) is 12.1. The van der Waals surface area contributed by atoms with Crippen LogP contribution in [0, 0.1) is 11.8 Å². The molecule has 90 valence electrons. The zero-order chi connectivity index (χ0) is 11.5. The van der Waals surface area contributed by atoms with Gasteiger partial charge in [-0.3, -0.25) is 0 Å². The maximum absolute atomic E-state index is 9.77. The summed E-state index contributed by atoms with van der Waals surface area (Å²) in [5, 5.41) is 9.77. The molecule has 0 aromatic heterocycles. The van der Waals surface area contributed by atoms with Gasteiger partial charge in [-0.2, -0.15) is 0 Å². The molecule has 0 amide bonds. The van der Waals surface area contributed by atoms with Gasteiger partial charge in [-0.1, -0.05) is 13.8 Å². The van der Waals surface area contributed by atoms with Crippen LogP contribution in [0.5, 0.6) is 0 Å². The van der Waals surface area contributed by atoms with Crippen molar-refractivity contribution in [2.75, 3.05) is 19.6 Å². The minimum absolute atomic E-state index is 0.481. The van der Waals surface area contributed by atoms with E-state index >= 15 is 0 Å². The first-order chi connectivity index (χ1) is 6.87. The monoisotopic (exact) mass is 213 g/mol. The summed E-state index contributed by atoms with van der Waals surface area (Å²) in [7, 11) is 0. The van der Waals surface area contributed by atoms with Crippen LogP contribution in [0.25, 0.3) is 0 Å². The van der Waals surface area contributed by atoms with Crippen molar-refractivity contribution < 1.29 is 5.11 Å². The predicted molar refractivity (Wildman–Crippen MR) is 64.9 cm³/mol. The molecule has 0 aliphatic carbocycles.